The van der Waals surface area contributed by atoms with Crippen LogP contribution in [0.3, 0.4) is 0 Å². The lowest BCUT2D eigenvalue weighted by Crippen LogP contribution is -2.21. The number of sulfone groups is 1. The van der Waals surface area contributed by atoms with E-state index in [1.54, 1.807) is 17.5 Å². The van der Waals surface area contributed by atoms with E-state index in [1.807, 2.05) is 30.5 Å². The average Bonchev–Trinajstić information content (AvgIpc) is 2.99. The van der Waals surface area contributed by atoms with Gasteiger partial charge in [-0.15, -0.1) is 11.3 Å². The molecular weight excluding hydrogens is 330 g/mol. The van der Waals surface area contributed by atoms with Gasteiger partial charge in [0, 0.05) is 47.6 Å². The lowest BCUT2D eigenvalue weighted by molar-refractivity contribution is 0.596. The van der Waals surface area contributed by atoms with Crippen LogP contribution in [-0.2, 0) is 16.4 Å². The maximum absolute atomic E-state index is 11.1. The van der Waals surface area contributed by atoms with Crippen molar-refractivity contribution >= 4 is 32.1 Å². The van der Waals surface area contributed by atoms with Gasteiger partial charge in [0.1, 0.15) is 14.8 Å². The number of nitrogens with zero attached hydrogens (tertiary/aromatic N) is 2. The van der Waals surface area contributed by atoms with Gasteiger partial charge in [0.25, 0.3) is 0 Å². The van der Waals surface area contributed by atoms with E-state index >= 15 is 0 Å². The lowest BCUT2D eigenvalue weighted by Gasteiger charge is -2.01. The molecule has 0 spiro atoms. The molecule has 23 heavy (non-hydrogen) atoms. The average molecular weight is 347 g/mol. The first-order chi connectivity index (χ1) is 11.0. The number of aromatic nitrogens is 2. The van der Waals surface area contributed by atoms with Crippen LogP contribution in [0, 0.1) is 0 Å². The Labute approximate surface area is 139 Å². The molecule has 0 saturated heterocycles. The number of thiazole rings is 1. The molecule has 0 aliphatic carbocycles. The van der Waals surface area contributed by atoms with Crippen LogP contribution in [0.4, 0.5) is 0 Å². The van der Waals surface area contributed by atoms with Crippen molar-refractivity contribution in [3.63, 3.8) is 0 Å². The molecular formula is C16H17N3O2S2. The SMILES string of the molecule is CS(=O)(=O)CCNCc1cnc(-c2ccc3ncccc3c2)s1. The van der Waals surface area contributed by atoms with Gasteiger partial charge in [-0.05, 0) is 24.3 Å². The van der Waals surface area contributed by atoms with Crippen molar-refractivity contribution in [2.24, 2.45) is 0 Å². The van der Waals surface area contributed by atoms with Crippen molar-refractivity contribution in [3.8, 4) is 10.6 Å². The van der Waals surface area contributed by atoms with Gasteiger partial charge in [-0.1, -0.05) is 6.07 Å². The van der Waals surface area contributed by atoms with Crippen LogP contribution in [0.1, 0.15) is 4.88 Å². The Morgan fingerprint density at radius 1 is 1.22 bits per heavy atom. The van der Waals surface area contributed by atoms with Gasteiger partial charge in [0.2, 0.25) is 0 Å². The van der Waals surface area contributed by atoms with Gasteiger partial charge in [-0.25, -0.2) is 13.4 Å². The summed E-state index contributed by atoms with van der Waals surface area (Å²) in [5.41, 5.74) is 2.04. The maximum Gasteiger partial charge on any atom is 0.148 e. The summed E-state index contributed by atoms with van der Waals surface area (Å²) in [6.45, 7) is 1.08. The van der Waals surface area contributed by atoms with Gasteiger partial charge < -0.3 is 5.32 Å². The van der Waals surface area contributed by atoms with E-state index in [9.17, 15) is 8.42 Å². The molecule has 0 fully saturated rings. The summed E-state index contributed by atoms with van der Waals surface area (Å²) in [6, 6.07) is 10.1. The smallest absolute Gasteiger partial charge is 0.148 e. The fraction of sp³-hybridized carbons (Fsp3) is 0.250. The minimum atomic E-state index is -2.92. The van der Waals surface area contributed by atoms with Gasteiger partial charge in [0.15, 0.2) is 0 Å². The Bertz CT molecular complexity index is 920. The zero-order valence-corrected chi connectivity index (χ0v) is 14.3. The highest BCUT2D eigenvalue weighted by Crippen LogP contribution is 2.27. The molecule has 1 aromatic carbocycles. The Hall–Kier alpha value is -1.83. The fourth-order valence-corrected chi connectivity index (χ4v) is 3.59. The Balaban J connectivity index is 1.68. The lowest BCUT2D eigenvalue weighted by atomic mass is 10.1. The number of fused-ring (bicyclic) bond motifs is 1. The minimum absolute atomic E-state index is 0.149. The largest absolute Gasteiger partial charge is 0.311 e. The van der Waals surface area contributed by atoms with Crippen molar-refractivity contribution in [1.29, 1.82) is 0 Å². The molecule has 0 aliphatic heterocycles. The molecule has 5 nitrogen and oxygen atoms in total. The highest BCUT2D eigenvalue weighted by atomic mass is 32.2. The fourth-order valence-electron chi connectivity index (χ4n) is 2.20. The third-order valence-corrected chi connectivity index (χ3v) is 5.34. The Morgan fingerprint density at radius 2 is 2.09 bits per heavy atom. The van der Waals surface area contributed by atoms with Crippen LogP contribution in [0.25, 0.3) is 21.5 Å². The second-order valence-electron chi connectivity index (χ2n) is 5.35. The third-order valence-electron chi connectivity index (χ3n) is 3.35. The van der Waals surface area contributed by atoms with Crippen molar-refractivity contribution in [3.05, 3.63) is 47.6 Å². The van der Waals surface area contributed by atoms with Crippen molar-refractivity contribution < 1.29 is 8.42 Å². The number of benzene rings is 1. The molecule has 0 unspecified atom stereocenters. The van der Waals surface area contributed by atoms with Gasteiger partial charge in [-0.2, -0.15) is 0 Å². The number of rotatable bonds is 6. The second kappa shape index (κ2) is 6.74. The second-order valence-corrected chi connectivity index (χ2v) is 8.72. The van der Waals surface area contributed by atoms with Gasteiger partial charge in [-0.3, -0.25) is 4.98 Å². The predicted molar refractivity (Wildman–Crippen MR) is 94.3 cm³/mol. The molecule has 3 rings (SSSR count). The van der Waals surface area contributed by atoms with Gasteiger partial charge >= 0.3 is 0 Å². The summed E-state index contributed by atoms with van der Waals surface area (Å²) < 4.78 is 22.2. The number of pyridine rings is 1. The molecule has 0 atom stereocenters. The number of hydrogen-bond acceptors (Lipinski definition) is 6. The van der Waals surface area contributed by atoms with Crippen LogP contribution < -0.4 is 5.32 Å². The predicted octanol–water partition coefficient (Wildman–Crippen LogP) is 2.49. The van der Waals surface area contributed by atoms with E-state index in [0.29, 0.717) is 13.1 Å². The summed E-state index contributed by atoms with van der Waals surface area (Å²) in [5.74, 6) is 0.149. The van der Waals surface area contributed by atoms with Crippen molar-refractivity contribution in [2.75, 3.05) is 18.6 Å². The van der Waals surface area contributed by atoms with E-state index in [0.717, 1.165) is 26.4 Å². The van der Waals surface area contributed by atoms with Crippen molar-refractivity contribution in [1.82, 2.24) is 15.3 Å². The molecule has 0 amide bonds. The molecule has 1 N–H and O–H groups in total. The number of hydrogen-bond donors (Lipinski definition) is 1. The topological polar surface area (TPSA) is 72.0 Å². The summed E-state index contributed by atoms with van der Waals surface area (Å²) in [6.07, 6.45) is 4.86. The standard InChI is InChI=1S/C16H17N3O2S2/c1-23(20,21)8-7-17-10-14-11-19-16(22-14)13-4-5-15-12(9-13)3-2-6-18-15/h2-6,9,11,17H,7-8,10H2,1H3. The van der Waals surface area contributed by atoms with E-state index in [1.165, 1.54) is 6.26 Å². The third kappa shape index (κ3) is 4.34. The molecule has 0 radical (unpaired) electrons. The van der Waals surface area contributed by atoms with Crippen LogP contribution >= 0.6 is 11.3 Å². The van der Waals surface area contributed by atoms with E-state index in [4.69, 9.17) is 0 Å². The zero-order valence-electron chi connectivity index (χ0n) is 12.7. The van der Waals surface area contributed by atoms with Crippen LogP contribution in [-0.4, -0.2) is 36.9 Å². The summed E-state index contributed by atoms with van der Waals surface area (Å²) in [7, 11) is -2.92. The number of nitrogens with one attached hydrogen (secondary N) is 1. The highest BCUT2D eigenvalue weighted by molar-refractivity contribution is 7.90. The quantitative estimate of drug-likeness (QED) is 0.694. The first kappa shape index (κ1) is 16.0. The molecule has 0 aliphatic rings. The summed E-state index contributed by atoms with van der Waals surface area (Å²) in [4.78, 5) is 9.86. The van der Waals surface area contributed by atoms with Crippen LogP contribution in [0.2, 0.25) is 0 Å². The van der Waals surface area contributed by atoms with E-state index in [2.05, 4.69) is 21.4 Å². The van der Waals surface area contributed by atoms with Crippen LogP contribution in [0.5, 0.6) is 0 Å². The Kier molecular flexibility index (Phi) is 4.70. The minimum Gasteiger partial charge on any atom is -0.311 e. The summed E-state index contributed by atoms with van der Waals surface area (Å²) in [5, 5.41) is 5.18. The first-order valence-corrected chi connectivity index (χ1v) is 10.1. The molecule has 120 valence electrons. The normalized spacial score (nSPS) is 11.9. The van der Waals surface area contributed by atoms with E-state index < -0.39 is 9.84 Å². The van der Waals surface area contributed by atoms with Crippen LogP contribution in [0.15, 0.2) is 42.7 Å². The molecule has 0 bridgehead atoms. The molecule has 0 saturated carbocycles. The monoisotopic (exact) mass is 347 g/mol. The van der Waals surface area contributed by atoms with E-state index in [-0.39, 0.29) is 5.75 Å². The maximum atomic E-state index is 11.1. The highest BCUT2D eigenvalue weighted by Gasteiger charge is 2.07. The first-order valence-electron chi connectivity index (χ1n) is 7.19. The summed E-state index contributed by atoms with van der Waals surface area (Å²) >= 11 is 1.61. The Morgan fingerprint density at radius 3 is 2.91 bits per heavy atom. The zero-order chi connectivity index (χ0) is 16.3. The van der Waals surface area contributed by atoms with Gasteiger partial charge in [0.05, 0.1) is 11.3 Å². The molecule has 3 aromatic rings. The molecule has 7 heteroatoms. The molecule has 2 aromatic heterocycles. The van der Waals surface area contributed by atoms with Crippen molar-refractivity contribution in [2.45, 2.75) is 6.54 Å². The molecule has 2 heterocycles.